The molecule has 0 radical (unpaired) electrons. The van der Waals surface area contributed by atoms with Crippen LogP contribution in [-0.2, 0) is 20.7 Å². The van der Waals surface area contributed by atoms with Gasteiger partial charge in [-0.3, -0.25) is 9.59 Å². The summed E-state index contributed by atoms with van der Waals surface area (Å²) in [4.78, 5) is 23.3. The molecule has 0 fully saturated rings. The Morgan fingerprint density at radius 2 is 2.06 bits per heavy atom. The number of esters is 1. The van der Waals surface area contributed by atoms with Crippen molar-refractivity contribution in [3.63, 3.8) is 0 Å². The minimum Gasteiger partial charge on any atom is -0.465 e. The van der Waals surface area contributed by atoms with Crippen molar-refractivity contribution in [3.05, 3.63) is 42.0 Å². The molecule has 0 N–H and O–H groups in total. The molecule has 1 unspecified atom stereocenters. The van der Waals surface area contributed by atoms with Gasteiger partial charge < -0.3 is 4.74 Å². The van der Waals surface area contributed by atoms with Gasteiger partial charge in [-0.05, 0) is 31.4 Å². The summed E-state index contributed by atoms with van der Waals surface area (Å²) in [6, 6.07) is 7.58. The van der Waals surface area contributed by atoms with Gasteiger partial charge in [0.15, 0.2) is 0 Å². The van der Waals surface area contributed by atoms with Gasteiger partial charge in [0.25, 0.3) is 0 Å². The van der Waals surface area contributed by atoms with Gasteiger partial charge in [0.1, 0.15) is 11.7 Å². The average Bonchev–Trinajstić information content (AvgIpc) is 2.36. The molecule has 0 aromatic heterocycles. The second-order valence-corrected chi connectivity index (χ2v) is 4.02. The number of carbonyl (C=O) groups is 2. The van der Waals surface area contributed by atoms with Crippen molar-refractivity contribution in [1.82, 2.24) is 0 Å². The highest BCUT2D eigenvalue weighted by Crippen LogP contribution is 2.17. The minimum atomic E-state index is -0.731. The molecule has 1 aromatic carbocycles. The van der Waals surface area contributed by atoms with Crippen LogP contribution in [0.2, 0.25) is 0 Å². The fraction of sp³-hybridized carbons (Fsp3) is 0.333. The number of benzene rings is 1. The third-order valence-electron chi connectivity index (χ3n) is 2.76. The van der Waals surface area contributed by atoms with Crippen LogP contribution in [-0.4, -0.2) is 18.4 Å². The maximum atomic E-state index is 11.7. The number of carbonyl (C=O) groups excluding carboxylic acids is 2. The van der Waals surface area contributed by atoms with E-state index in [0.717, 1.165) is 11.1 Å². The Bertz CT molecular complexity index is 449. The lowest BCUT2D eigenvalue weighted by Gasteiger charge is -2.14. The fourth-order valence-corrected chi connectivity index (χ4v) is 1.78. The van der Waals surface area contributed by atoms with E-state index in [2.05, 4.69) is 6.58 Å². The maximum absolute atomic E-state index is 11.7. The number of hydrogen-bond donors (Lipinski definition) is 0. The van der Waals surface area contributed by atoms with Crippen LogP contribution in [0.4, 0.5) is 0 Å². The molecule has 1 rings (SSSR count). The summed E-state index contributed by atoms with van der Waals surface area (Å²) >= 11 is 0. The second kappa shape index (κ2) is 6.74. The Morgan fingerprint density at radius 1 is 1.39 bits per heavy atom. The largest absolute Gasteiger partial charge is 0.465 e. The molecule has 0 heterocycles. The van der Waals surface area contributed by atoms with Crippen LogP contribution in [0.3, 0.4) is 0 Å². The first-order valence-electron chi connectivity index (χ1n) is 5.97. The third kappa shape index (κ3) is 3.55. The molecule has 1 aromatic rings. The Kier molecular flexibility index (Phi) is 5.31. The Balaban J connectivity index is 2.93. The van der Waals surface area contributed by atoms with Gasteiger partial charge in [-0.25, -0.2) is 0 Å². The highest BCUT2D eigenvalue weighted by atomic mass is 16.5. The zero-order chi connectivity index (χ0) is 13.5. The van der Waals surface area contributed by atoms with Gasteiger partial charge in [0.05, 0.1) is 6.61 Å². The number of ether oxygens (including phenoxy) is 1. The number of Topliss-reactive ketones (excluding diaryl/α,β-unsaturated/α-hetero) is 1. The van der Waals surface area contributed by atoms with E-state index in [4.69, 9.17) is 4.74 Å². The zero-order valence-corrected chi connectivity index (χ0v) is 10.8. The van der Waals surface area contributed by atoms with Gasteiger partial charge in [-0.2, -0.15) is 0 Å². The molecule has 18 heavy (non-hydrogen) atoms. The van der Waals surface area contributed by atoms with Crippen molar-refractivity contribution in [2.45, 2.75) is 20.3 Å². The predicted molar refractivity (Wildman–Crippen MR) is 71.0 cm³/mol. The fourth-order valence-electron chi connectivity index (χ4n) is 1.78. The van der Waals surface area contributed by atoms with Crippen molar-refractivity contribution in [1.29, 1.82) is 0 Å². The lowest BCUT2D eigenvalue weighted by atomic mass is 9.93. The van der Waals surface area contributed by atoms with Crippen LogP contribution in [0.1, 0.15) is 25.0 Å². The molecule has 0 aliphatic heterocycles. The van der Waals surface area contributed by atoms with Crippen LogP contribution < -0.4 is 0 Å². The molecule has 0 bridgehead atoms. The standard InChI is InChI=1S/C15H18O3/c1-4-12-8-6-7-9-13(12)10-14(11(3)16)15(17)18-5-2/h4,6-9,14H,1,5,10H2,2-3H3. The number of rotatable bonds is 6. The smallest absolute Gasteiger partial charge is 0.316 e. The summed E-state index contributed by atoms with van der Waals surface area (Å²) < 4.78 is 4.93. The quantitative estimate of drug-likeness (QED) is 0.572. The molecule has 0 amide bonds. The van der Waals surface area contributed by atoms with E-state index in [0.29, 0.717) is 6.42 Å². The molecular formula is C15H18O3. The Labute approximate surface area is 107 Å². The SMILES string of the molecule is C=Cc1ccccc1CC(C(C)=O)C(=O)OCC. The summed E-state index contributed by atoms with van der Waals surface area (Å²) in [6.07, 6.45) is 2.08. The molecule has 0 saturated heterocycles. The van der Waals surface area contributed by atoms with Crippen molar-refractivity contribution in [2.24, 2.45) is 5.92 Å². The van der Waals surface area contributed by atoms with Gasteiger partial charge >= 0.3 is 5.97 Å². The molecule has 1 atom stereocenters. The Hall–Kier alpha value is -1.90. The van der Waals surface area contributed by atoms with Crippen molar-refractivity contribution in [3.8, 4) is 0 Å². The van der Waals surface area contributed by atoms with Crippen molar-refractivity contribution in [2.75, 3.05) is 6.61 Å². The lowest BCUT2D eigenvalue weighted by molar-refractivity contribution is -0.151. The average molecular weight is 246 g/mol. The second-order valence-electron chi connectivity index (χ2n) is 4.02. The van der Waals surface area contributed by atoms with E-state index in [1.807, 2.05) is 24.3 Å². The maximum Gasteiger partial charge on any atom is 0.316 e. The zero-order valence-electron chi connectivity index (χ0n) is 10.8. The monoisotopic (exact) mass is 246 g/mol. The summed E-state index contributed by atoms with van der Waals surface area (Å²) in [5.41, 5.74) is 1.87. The van der Waals surface area contributed by atoms with E-state index in [9.17, 15) is 9.59 Å². The summed E-state index contributed by atoms with van der Waals surface area (Å²) in [7, 11) is 0. The van der Waals surface area contributed by atoms with E-state index < -0.39 is 11.9 Å². The molecule has 0 saturated carbocycles. The van der Waals surface area contributed by atoms with Crippen molar-refractivity contribution >= 4 is 17.8 Å². The molecule has 0 aliphatic carbocycles. The minimum absolute atomic E-state index is 0.174. The van der Waals surface area contributed by atoms with Crippen LogP contribution in [0.5, 0.6) is 0 Å². The van der Waals surface area contributed by atoms with E-state index in [-0.39, 0.29) is 12.4 Å². The van der Waals surface area contributed by atoms with Crippen LogP contribution in [0, 0.1) is 5.92 Å². The molecule has 3 heteroatoms. The molecular weight excluding hydrogens is 228 g/mol. The first kappa shape index (κ1) is 14.2. The molecule has 0 spiro atoms. The summed E-state index contributed by atoms with van der Waals surface area (Å²) in [5, 5.41) is 0. The highest BCUT2D eigenvalue weighted by molar-refractivity contribution is 5.98. The van der Waals surface area contributed by atoms with E-state index >= 15 is 0 Å². The third-order valence-corrected chi connectivity index (χ3v) is 2.76. The first-order chi connectivity index (χ1) is 8.60. The lowest BCUT2D eigenvalue weighted by Crippen LogP contribution is -2.26. The van der Waals surface area contributed by atoms with Gasteiger partial charge in [0, 0.05) is 0 Å². The van der Waals surface area contributed by atoms with Gasteiger partial charge in [-0.1, -0.05) is 36.9 Å². The van der Waals surface area contributed by atoms with Crippen LogP contribution in [0.15, 0.2) is 30.8 Å². The molecule has 3 nitrogen and oxygen atoms in total. The van der Waals surface area contributed by atoms with E-state index in [1.165, 1.54) is 6.92 Å². The number of ketones is 1. The van der Waals surface area contributed by atoms with Crippen LogP contribution in [0.25, 0.3) is 6.08 Å². The Morgan fingerprint density at radius 3 is 2.61 bits per heavy atom. The van der Waals surface area contributed by atoms with Crippen molar-refractivity contribution < 1.29 is 14.3 Å². The first-order valence-corrected chi connectivity index (χ1v) is 5.97. The topological polar surface area (TPSA) is 43.4 Å². The highest BCUT2D eigenvalue weighted by Gasteiger charge is 2.25. The molecule has 0 aliphatic rings. The van der Waals surface area contributed by atoms with Gasteiger partial charge in [0.2, 0.25) is 0 Å². The van der Waals surface area contributed by atoms with E-state index in [1.54, 1.807) is 13.0 Å². The number of hydrogen-bond acceptors (Lipinski definition) is 3. The van der Waals surface area contributed by atoms with Crippen LogP contribution >= 0.6 is 0 Å². The predicted octanol–water partition coefficient (Wildman–Crippen LogP) is 2.64. The van der Waals surface area contributed by atoms with Gasteiger partial charge in [-0.15, -0.1) is 0 Å². The summed E-state index contributed by atoms with van der Waals surface area (Å²) in [6.45, 7) is 7.15. The normalized spacial score (nSPS) is 11.7. The molecule has 96 valence electrons. The summed E-state index contributed by atoms with van der Waals surface area (Å²) in [5.74, 6) is -1.36.